The second kappa shape index (κ2) is 6.93. The molecule has 0 unspecified atom stereocenters. The molecule has 20 heavy (non-hydrogen) atoms. The molecular formula is C15H21N3O2. The lowest BCUT2D eigenvalue weighted by molar-refractivity contribution is 0.131. The van der Waals surface area contributed by atoms with Crippen molar-refractivity contribution in [3.63, 3.8) is 0 Å². The Morgan fingerprint density at radius 3 is 3.10 bits per heavy atom. The van der Waals surface area contributed by atoms with Crippen LogP contribution < -0.4 is 5.73 Å². The average molecular weight is 275 g/mol. The van der Waals surface area contributed by atoms with Crippen LogP contribution in [0.1, 0.15) is 38.7 Å². The van der Waals surface area contributed by atoms with E-state index in [-0.39, 0.29) is 6.01 Å². The summed E-state index contributed by atoms with van der Waals surface area (Å²) in [6, 6.07) is 5.83. The SMILES string of the molecule is CC(C)CCC/C=N/OCc1ccc2oc(N)nc2c1. The molecule has 2 N–H and O–H groups in total. The van der Waals surface area contributed by atoms with Crippen molar-refractivity contribution in [2.75, 3.05) is 5.73 Å². The van der Waals surface area contributed by atoms with E-state index in [0.29, 0.717) is 12.2 Å². The van der Waals surface area contributed by atoms with Gasteiger partial charge in [-0.3, -0.25) is 0 Å². The number of nitrogens with two attached hydrogens (primary N) is 1. The molecule has 0 bridgehead atoms. The maximum Gasteiger partial charge on any atom is 0.292 e. The van der Waals surface area contributed by atoms with Crippen LogP contribution >= 0.6 is 0 Å². The predicted molar refractivity (Wildman–Crippen MR) is 80.4 cm³/mol. The number of rotatable bonds is 7. The maximum absolute atomic E-state index is 5.50. The molecule has 0 saturated heterocycles. The maximum atomic E-state index is 5.50. The lowest BCUT2D eigenvalue weighted by atomic mass is 10.1. The van der Waals surface area contributed by atoms with Gasteiger partial charge in [-0.25, -0.2) is 0 Å². The monoisotopic (exact) mass is 275 g/mol. The van der Waals surface area contributed by atoms with E-state index in [2.05, 4.69) is 24.0 Å². The lowest BCUT2D eigenvalue weighted by Gasteiger charge is -2.01. The molecule has 5 nitrogen and oxygen atoms in total. The van der Waals surface area contributed by atoms with Crippen LogP contribution in [0, 0.1) is 5.92 Å². The van der Waals surface area contributed by atoms with Gasteiger partial charge < -0.3 is 15.0 Å². The highest BCUT2D eigenvalue weighted by molar-refractivity contribution is 5.74. The Kier molecular flexibility index (Phi) is 4.98. The Labute approximate surface area is 118 Å². The van der Waals surface area contributed by atoms with Crippen molar-refractivity contribution < 1.29 is 9.25 Å². The van der Waals surface area contributed by atoms with Crippen molar-refractivity contribution in [1.82, 2.24) is 4.98 Å². The average Bonchev–Trinajstić information content (AvgIpc) is 2.76. The summed E-state index contributed by atoms with van der Waals surface area (Å²) in [5, 5.41) is 3.96. The van der Waals surface area contributed by atoms with E-state index < -0.39 is 0 Å². The molecule has 0 radical (unpaired) electrons. The van der Waals surface area contributed by atoms with Gasteiger partial charge in [0.05, 0.1) is 0 Å². The third kappa shape index (κ3) is 4.26. The molecule has 5 heteroatoms. The Morgan fingerprint density at radius 1 is 1.45 bits per heavy atom. The van der Waals surface area contributed by atoms with E-state index in [4.69, 9.17) is 15.0 Å². The number of anilines is 1. The summed E-state index contributed by atoms with van der Waals surface area (Å²) in [7, 11) is 0. The zero-order chi connectivity index (χ0) is 14.4. The molecule has 0 atom stereocenters. The van der Waals surface area contributed by atoms with Crippen molar-refractivity contribution in [3.8, 4) is 0 Å². The molecule has 0 aliphatic carbocycles. The van der Waals surface area contributed by atoms with Gasteiger partial charge in [-0.1, -0.05) is 31.5 Å². The summed E-state index contributed by atoms with van der Waals surface area (Å²) in [4.78, 5) is 9.34. The second-order valence-corrected chi connectivity index (χ2v) is 5.24. The van der Waals surface area contributed by atoms with Crippen LogP contribution in [0.4, 0.5) is 6.01 Å². The number of nitrogens with zero attached hydrogens (tertiary/aromatic N) is 2. The van der Waals surface area contributed by atoms with Gasteiger partial charge in [-0.05, 0) is 36.5 Å². The van der Waals surface area contributed by atoms with Crippen LogP contribution in [-0.4, -0.2) is 11.2 Å². The summed E-state index contributed by atoms with van der Waals surface area (Å²) in [5.74, 6) is 0.742. The van der Waals surface area contributed by atoms with Crippen LogP contribution in [0.5, 0.6) is 0 Å². The molecule has 0 amide bonds. The van der Waals surface area contributed by atoms with Crippen molar-refractivity contribution in [2.24, 2.45) is 11.1 Å². The predicted octanol–water partition coefficient (Wildman–Crippen LogP) is 3.74. The number of benzene rings is 1. The first kappa shape index (κ1) is 14.4. The van der Waals surface area contributed by atoms with Crippen LogP contribution in [0.2, 0.25) is 0 Å². The lowest BCUT2D eigenvalue weighted by Crippen LogP contribution is -1.89. The minimum atomic E-state index is 0.182. The Morgan fingerprint density at radius 2 is 2.30 bits per heavy atom. The topological polar surface area (TPSA) is 73.6 Å². The van der Waals surface area contributed by atoms with Gasteiger partial charge >= 0.3 is 0 Å². The quantitative estimate of drug-likeness (QED) is 0.474. The molecule has 2 rings (SSSR count). The second-order valence-electron chi connectivity index (χ2n) is 5.24. The third-order valence-electron chi connectivity index (χ3n) is 2.96. The van der Waals surface area contributed by atoms with Crippen LogP contribution in [-0.2, 0) is 11.4 Å². The highest BCUT2D eigenvalue weighted by atomic mass is 16.6. The van der Waals surface area contributed by atoms with Crippen LogP contribution in [0.25, 0.3) is 11.1 Å². The summed E-state index contributed by atoms with van der Waals surface area (Å²) in [6.07, 6.45) is 5.15. The zero-order valence-corrected chi connectivity index (χ0v) is 12.0. The number of unbranched alkanes of at least 4 members (excludes halogenated alkanes) is 1. The molecule has 0 saturated carbocycles. The smallest absolute Gasteiger partial charge is 0.292 e. The van der Waals surface area contributed by atoms with Gasteiger partial charge in [0.1, 0.15) is 12.1 Å². The molecule has 1 aromatic heterocycles. The Hall–Kier alpha value is -2.04. The van der Waals surface area contributed by atoms with Gasteiger partial charge in [0.25, 0.3) is 6.01 Å². The van der Waals surface area contributed by atoms with Gasteiger partial charge in [0.2, 0.25) is 0 Å². The summed E-state index contributed by atoms with van der Waals surface area (Å²) >= 11 is 0. The minimum absolute atomic E-state index is 0.182. The van der Waals surface area contributed by atoms with E-state index in [1.165, 1.54) is 6.42 Å². The van der Waals surface area contributed by atoms with E-state index in [1.54, 1.807) is 0 Å². The standard InChI is InChI=1S/C15H21N3O2/c1-11(2)5-3-4-8-17-19-10-12-6-7-14-13(9-12)18-15(16)20-14/h6-9,11H,3-5,10H2,1-2H3,(H2,16,18)/b17-8+. The highest BCUT2D eigenvalue weighted by Crippen LogP contribution is 2.18. The summed E-state index contributed by atoms with van der Waals surface area (Å²) < 4.78 is 5.21. The van der Waals surface area contributed by atoms with Gasteiger partial charge in [0.15, 0.2) is 5.58 Å². The molecule has 0 aliphatic heterocycles. The third-order valence-corrected chi connectivity index (χ3v) is 2.96. The number of fused-ring (bicyclic) bond motifs is 1. The van der Waals surface area contributed by atoms with E-state index in [0.717, 1.165) is 29.8 Å². The molecule has 0 spiro atoms. The molecule has 2 aromatic rings. The largest absolute Gasteiger partial charge is 0.424 e. The van der Waals surface area contributed by atoms with Gasteiger partial charge in [0, 0.05) is 6.21 Å². The highest BCUT2D eigenvalue weighted by Gasteiger charge is 2.03. The minimum Gasteiger partial charge on any atom is -0.424 e. The van der Waals surface area contributed by atoms with E-state index in [9.17, 15) is 0 Å². The fourth-order valence-corrected chi connectivity index (χ4v) is 1.92. The first-order chi connectivity index (χ1) is 9.65. The first-order valence-electron chi connectivity index (χ1n) is 6.94. The first-order valence-corrected chi connectivity index (χ1v) is 6.94. The Balaban J connectivity index is 1.76. The number of oxime groups is 1. The summed E-state index contributed by atoms with van der Waals surface area (Å²) in [6.45, 7) is 4.87. The van der Waals surface area contributed by atoms with E-state index >= 15 is 0 Å². The summed E-state index contributed by atoms with van der Waals surface area (Å²) in [5.41, 5.74) is 7.91. The Bertz CT molecular complexity index is 576. The molecule has 1 aromatic carbocycles. The van der Waals surface area contributed by atoms with E-state index in [1.807, 2.05) is 24.4 Å². The number of hydrogen-bond acceptors (Lipinski definition) is 5. The van der Waals surface area contributed by atoms with Crippen molar-refractivity contribution in [2.45, 2.75) is 39.7 Å². The fraction of sp³-hybridized carbons (Fsp3) is 0.467. The van der Waals surface area contributed by atoms with Gasteiger partial charge in [-0.15, -0.1) is 0 Å². The number of oxazole rings is 1. The zero-order valence-electron chi connectivity index (χ0n) is 12.0. The molecule has 108 valence electrons. The van der Waals surface area contributed by atoms with Crippen molar-refractivity contribution >= 4 is 23.3 Å². The number of aromatic nitrogens is 1. The van der Waals surface area contributed by atoms with Gasteiger partial charge in [-0.2, -0.15) is 4.98 Å². The normalized spacial score (nSPS) is 11.8. The number of hydrogen-bond donors (Lipinski definition) is 1. The van der Waals surface area contributed by atoms with Crippen molar-refractivity contribution in [1.29, 1.82) is 0 Å². The van der Waals surface area contributed by atoms with Crippen LogP contribution in [0.15, 0.2) is 27.8 Å². The molecule has 1 heterocycles. The fourth-order valence-electron chi connectivity index (χ4n) is 1.92. The molecule has 0 aliphatic rings. The molecular weight excluding hydrogens is 254 g/mol. The number of nitrogen functional groups attached to an aromatic ring is 1. The van der Waals surface area contributed by atoms with Crippen LogP contribution in [0.3, 0.4) is 0 Å². The van der Waals surface area contributed by atoms with Crippen molar-refractivity contribution in [3.05, 3.63) is 23.8 Å². The molecule has 0 fully saturated rings.